The topological polar surface area (TPSA) is 74.8 Å². The third kappa shape index (κ3) is 8.67. The molecule has 1 saturated carbocycles. The van der Waals surface area contributed by atoms with E-state index in [4.69, 9.17) is 4.74 Å². The molecule has 0 bridgehead atoms. The van der Waals surface area contributed by atoms with Crippen LogP contribution in [-0.4, -0.2) is 38.1 Å². The molecule has 28 heavy (non-hydrogen) atoms. The summed E-state index contributed by atoms with van der Waals surface area (Å²) in [5, 5.41) is 9.61. The molecule has 2 rings (SSSR count). The lowest BCUT2D eigenvalue weighted by Crippen LogP contribution is -2.40. The standard InChI is InChI=1S/C21H34N4O2.HI/c1-4-13-27-19-14-16(2)9-10-17(19)15-24-21(22-3)23-12-11-20(26)25-18-7-5-6-8-18;/h9-10,14,18H,4-8,11-13,15H2,1-3H3,(H,25,26)(H2,22,23,24);1H. The van der Waals surface area contributed by atoms with Crippen LogP contribution < -0.4 is 20.7 Å². The van der Waals surface area contributed by atoms with Gasteiger partial charge >= 0.3 is 0 Å². The van der Waals surface area contributed by atoms with Gasteiger partial charge in [-0.1, -0.05) is 31.9 Å². The minimum Gasteiger partial charge on any atom is -0.493 e. The molecule has 1 aliphatic carbocycles. The van der Waals surface area contributed by atoms with Crippen molar-refractivity contribution in [1.29, 1.82) is 0 Å². The van der Waals surface area contributed by atoms with Crippen molar-refractivity contribution in [2.45, 2.75) is 65.0 Å². The fourth-order valence-electron chi connectivity index (χ4n) is 3.22. The summed E-state index contributed by atoms with van der Waals surface area (Å²) in [6.07, 6.45) is 6.10. The van der Waals surface area contributed by atoms with E-state index in [1.807, 2.05) is 0 Å². The first-order valence-corrected chi connectivity index (χ1v) is 10.1. The van der Waals surface area contributed by atoms with Gasteiger partial charge in [0.1, 0.15) is 5.75 Å². The number of nitrogens with one attached hydrogen (secondary N) is 3. The summed E-state index contributed by atoms with van der Waals surface area (Å²) in [4.78, 5) is 16.2. The van der Waals surface area contributed by atoms with Gasteiger partial charge in [-0.2, -0.15) is 0 Å². The Balaban J connectivity index is 0.00000392. The van der Waals surface area contributed by atoms with Gasteiger partial charge in [-0.15, -0.1) is 24.0 Å². The van der Waals surface area contributed by atoms with Crippen molar-refractivity contribution >= 4 is 35.8 Å². The number of carbonyl (C=O) groups is 1. The summed E-state index contributed by atoms with van der Waals surface area (Å²) in [5.74, 6) is 1.71. The van der Waals surface area contributed by atoms with Crippen LogP contribution in [0.1, 0.15) is 56.6 Å². The molecule has 1 aromatic carbocycles. The van der Waals surface area contributed by atoms with Crippen molar-refractivity contribution < 1.29 is 9.53 Å². The van der Waals surface area contributed by atoms with Crippen LogP contribution in [0.5, 0.6) is 5.75 Å². The smallest absolute Gasteiger partial charge is 0.221 e. The Labute approximate surface area is 186 Å². The van der Waals surface area contributed by atoms with E-state index in [-0.39, 0.29) is 29.9 Å². The Morgan fingerprint density at radius 1 is 1.25 bits per heavy atom. The van der Waals surface area contributed by atoms with Gasteiger partial charge in [0.15, 0.2) is 5.96 Å². The fourth-order valence-corrected chi connectivity index (χ4v) is 3.22. The molecule has 1 aliphatic rings. The van der Waals surface area contributed by atoms with Gasteiger partial charge in [0.05, 0.1) is 6.61 Å². The first kappa shape index (κ1) is 24.5. The number of hydrogen-bond donors (Lipinski definition) is 3. The van der Waals surface area contributed by atoms with E-state index >= 15 is 0 Å². The highest BCUT2D eigenvalue weighted by molar-refractivity contribution is 14.0. The van der Waals surface area contributed by atoms with Gasteiger partial charge in [-0.3, -0.25) is 9.79 Å². The first-order valence-electron chi connectivity index (χ1n) is 10.1. The van der Waals surface area contributed by atoms with Crippen LogP contribution in [0.25, 0.3) is 0 Å². The van der Waals surface area contributed by atoms with E-state index in [1.165, 1.54) is 18.4 Å². The third-order valence-corrected chi connectivity index (χ3v) is 4.72. The molecule has 0 unspecified atom stereocenters. The number of rotatable bonds is 9. The summed E-state index contributed by atoms with van der Waals surface area (Å²) in [6.45, 7) is 6.05. The van der Waals surface area contributed by atoms with E-state index in [0.29, 0.717) is 38.1 Å². The SMILES string of the molecule is CCCOc1cc(C)ccc1CNC(=NC)NCCC(=O)NC1CCCC1.I. The molecule has 1 amide bonds. The van der Waals surface area contributed by atoms with Crippen molar-refractivity contribution in [2.75, 3.05) is 20.2 Å². The average Bonchev–Trinajstić information content (AvgIpc) is 3.16. The second kappa shape index (κ2) is 13.6. The maximum Gasteiger partial charge on any atom is 0.221 e. The third-order valence-electron chi connectivity index (χ3n) is 4.72. The van der Waals surface area contributed by atoms with E-state index in [9.17, 15) is 4.79 Å². The van der Waals surface area contributed by atoms with E-state index < -0.39 is 0 Å². The van der Waals surface area contributed by atoms with E-state index in [2.05, 4.69) is 53.0 Å². The Morgan fingerprint density at radius 2 is 2.00 bits per heavy atom. The number of ether oxygens (including phenoxy) is 1. The first-order chi connectivity index (χ1) is 13.1. The summed E-state index contributed by atoms with van der Waals surface area (Å²) >= 11 is 0. The highest BCUT2D eigenvalue weighted by Gasteiger charge is 2.16. The van der Waals surface area contributed by atoms with Gasteiger partial charge in [0, 0.05) is 38.2 Å². The van der Waals surface area contributed by atoms with Crippen LogP contribution in [0.3, 0.4) is 0 Å². The summed E-state index contributed by atoms with van der Waals surface area (Å²) < 4.78 is 5.86. The maximum absolute atomic E-state index is 12.0. The highest BCUT2D eigenvalue weighted by Crippen LogP contribution is 2.20. The number of amides is 1. The number of aryl methyl sites for hydroxylation is 1. The number of halogens is 1. The molecule has 1 aromatic rings. The van der Waals surface area contributed by atoms with Crippen LogP contribution in [0.15, 0.2) is 23.2 Å². The number of hydrogen-bond acceptors (Lipinski definition) is 3. The molecule has 0 aromatic heterocycles. The molecular formula is C21H35IN4O2. The molecule has 7 heteroatoms. The zero-order valence-electron chi connectivity index (χ0n) is 17.3. The summed E-state index contributed by atoms with van der Waals surface area (Å²) in [5.41, 5.74) is 2.27. The summed E-state index contributed by atoms with van der Waals surface area (Å²) in [6, 6.07) is 6.60. The molecule has 0 saturated heterocycles. The highest BCUT2D eigenvalue weighted by atomic mass is 127. The van der Waals surface area contributed by atoms with Crippen molar-refractivity contribution in [3.8, 4) is 5.75 Å². The molecule has 0 atom stereocenters. The van der Waals surface area contributed by atoms with Crippen LogP contribution in [0.2, 0.25) is 0 Å². The number of aliphatic imine (C=N–C) groups is 1. The van der Waals surface area contributed by atoms with Crippen molar-refractivity contribution in [1.82, 2.24) is 16.0 Å². The number of carbonyl (C=O) groups excluding carboxylic acids is 1. The van der Waals surface area contributed by atoms with E-state index in [1.54, 1.807) is 7.05 Å². The van der Waals surface area contributed by atoms with Crippen LogP contribution >= 0.6 is 24.0 Å². The minimum absolute atomic E-state index is 0. The largest absolute Gasteiger partial charge is 0.493 e. The lowest BCUT2D eigenvalue weighted by molar-refractivity contribution is -0.121. The lowest BCUT2D eigenvalue weighted by atomic mass is 10.1. The quantitative estimate of drug-likeness (QED) is 0.275. The zero-order valence-corrected chi connectivity index (χ0v) is 19.7. The molecule has 0 heterocycles. The second-order valence-corrected chi connectivity index (χ2v) is 7.11. The lowest BCUT2D eigenvalue weighted by Gasteiger charge is -2.16. The van der Waals surface area contributed by atoms with Gasteiger partial charge in [-0.25, -0.2) is 0 Å². The van der Waals surface area contributed by atoms with Gasteiger partial charge in [0.25, 0.3) is 0 Å². The fraction of sp³-hybridized carbons (Fsp3) is 0.619. The van der Waals surface area contributed by atoms with E-state index in [0.717, 1.165) is 30.6 Å². The van der Waals surface area contributed by atoms with Gasteiger partial charge in [-0.05, 0) is 37.8 Å². The van der Waals surface area contributed by atoms with Crippen LogP contribution in [-0.2, 0) is 11.3 Å². The molecule has 0 spiro atoms. The Morgan fingerprint density at radius 3 is 2.68 bits per heavy atom. The van der Waals surface area contributed by atoms with Crippen LogP contribution in [0.4, 0.5) is 0 Å². The monoisotopic (exact) mass is 502 g/mol. The molecule has 1 fully saturated rings. The Kier molecular flexibility index (Phi) is 11.9. The van der Waals surface area contributed by atoms with Crippen molar-refractivity contribution in [3.63, 3.8) is 0 Å². The Hall–Kier alpha value is -1.51. The number of benzene rings is 1. The molecule has 0 aliphatic heterocycles. The Bertz CT molecular complexity index is 631. The summed E-state index contributed by atoms with van der Waals surface area (Å²) in [7, 11) is 1.73. The van der Waals surface area contributed by atoms with Crippen molar-refractivity contribution in [3.05, 3.63) is 29.3 Å². The number of guanidine groups is 1. The molecule has 0 radical (unpaired) electrons. The van der Waals surface area contributed by atoms with Crippen LogP contribution in [0, 0.1) is 6.92 Å². The van der Waals surface area contributed by atoms with Gasteiger partial charge in [0.2, 0.25) is 5.91 Å². The molecule has 3 N–H and O–H groups in total. The molecule has 158 valence electrons. The van der Waals surface area contributed by atoms with Crippen molar-refractivity contribution in [2.24, 2.45) is 4.99 Å². The average molecular weight is 502 g/mol. The maximum atomic E-state index is 12.0. The predicted molar refractivity (Wildman–Crippen MR) is 126 cm³/mol. The molecular weight excluding hydrogens is 467 g/mol. The zero-order chi connectivity index (χ0) is 19.5. The number of nitrogens with zero attached hydrogens (tertiary/aromatic N) is 1. The predicted octanol–water partition coefficient (Wildman–Crippen LogP) is 3.52. The molecule has 6 nitrogen and oxygen atoms in total. The minimum atomic E-state index is 0. The van der Waals surface area contributed by atoms with Gasteiger partial charge < -0.3 is 20.7 Å². The normalized spacial score (nSPS) is 14.3. The second-order valence-electron chi connectivity index (χ2n) is 7.11.